The Hall–Kier alpha value is -2.44. The van der Waals surface area contributed by atoms with Gasteiger partial charge in [0, 0.05) is 25.1 Å². The number of amides is 1. The van der Waals surface area contributed by atoms with Crippen molar-refractivity contribution in [3.63, 3.8) is 0 Å². The van der Waals surface area contributed by atoms with E-state index < -0.39 is 0 Å². The third-order valence-corrected chi connectivity index (χ3v) is 2.92. The largest absolute Gasteiger partial charge is 0.368 e. The van der Waals surface area contributed by atoms with Crippen LogP contribution in [-0.4, -0.2) is 25.4 Å². The number of hydrogen-bond donors (Lipinski definition) is 2. The van der Waals surface area contributed by atoms with Crippen molar-refractivity contribution in [3.05, 3.63) is 35.7 Å². The third-order valence-electron chi connectivity index (χ3n) is 2.92. The molecule has 0 atom stereocenters. The summed E-state index contributed by atoms with van der Waals surface area (Å²) in [5.41, 5.74) is 6.45. The fraction of sp³-hybridized carbons (Fsp3) is 0.385. The van der Waals surface area contributed by atoms with Gasteiger partial charge in [-0.1, -0.05) is 6.92 Å². The molecule has 0 bridgehead atoms. The summed E-state index contributed by atoms with van der Waals surface area (Å²) in [5.74, 6) is 0.764. The first-order chi connectivity index (χ1) is 9.61. The van der Waals surface area contributed by atoms with E-state index in [9.17, 15) is 4.79 Å². The summed E-state index contributed by atoms with van der Waals surface area (Å²) in [6, 6.07) is 0. The molecule has 1 amide bonds. The lowest BCUT2D eigenvalue weighted by molar-refractivity contribution is 0.0948. The molecule has 20 heavy (non-hydrogen) atoms. The topological polar surface area (TPSA) is 98.7 Å². The van der Waals surface area contributed by atoms with Crippen LogP contribution < -0.4 is 11.1 Å². The first-order valence-corrected chi connectivity index (χ1v) is 6.49. The predicted molar refractivity (Wildman–Crippen MR) is 74.9 cm³/mol. The molecule has 0 fully saturated rings. The summed E-state index contributed by atoms with van der Waals surface area (Å²) >= 11 is 0. The maximum absolute atomic E-state index is 12.1. The third kappa shape index (κ3) is 3.11. The Morgan fingerprint density at radius 1 is 1.45 bits per heavy atom. The number of hydrogen-bond acceptors (Lipinski definition) is 5. The zero-order valence-corrected chi connectivity index (χ0v) is 11.6. The number of aromatic nitrogens is 4. The van der Waals surface area contributed by atoms with Crippen molar-refractivity contribution in [1.29, 1.82) is 0 Å². The van der Waals surface area contributed by atoms with E-state index in [1.54, 1.807) is 13.1 Å². The molecule has 0 saturated heterocycles. The number of nitrogens with two attached hydrogens (primary N) is 1. The van der Waals surface area contributed by atoms with Crippen molar-refractivity contribution in [2.75, 3.05) is 5.73 Å². The van der Waals surface area contributed by atoms with E-state index in [1.807, 2.05) is 10.8 Å². The van der Waals surface area contributed by atoms with Gasteiger partial charge in [-0.3, -0.25) is 4.79 Å². The van der Waals surface area contributed by atoms with Crippen LogP contribution in [0.5, 0.6) is 0 Å². The first-order valence-electron chi connectivity index (χ1n) is 6.49. The minimum atomic E-state index is -0.228. The average molecular weight is 274 g/mol. The van der Waals surface area contributed by atoms with Crippen LogP contribution in [0.1, 0.15) is 35.2 Å². The second kappa shape index (κ2) is 6.14. The summed E-state index contributed by atoms with van der Waals surface area (Å²) in [7, 11) is 0. The number of nitrogens with one attached hydrogen (secondary N) is 1. The lowest BCUT2D eigenvalue weighted by Crippen LogP contribution is -2.26. The molecule has 0 unspecified atom stereocenters. The van der Waals surface area contributed by atoms with Crippen molar-refractivity contribution >= 4 is 11.9 Å². The Bertz CT molecular complexity index is 607. The molecule has 3 N–H and O–H groups in total. The summed E-state index contributed by atoms with van der Waals surface area (Å²) in [6.45, 7) is 5.08. The monoisotopic (exact) mass is 274 g/mol. The molecule has 7 nitrogen and oxygen atoms in total. The predicted octanol–water partition coefficient (Wildman–Crippen LogP) is 0.904. The van der Waals surface area contributed by atoms with Gasteiger partial charge < -0.3 is 15.6 Å². The highest BCUT2D eigenvalue weighted by Gasteiger charge is 2.12. The number of imidazole rings is 1. The van der Waals surface area contributed by atoms with E-state index in [4.69, 9.17) is 5.73 Å². The van der Waals surface area contributed by atoms with Crippen molar-refractivity contribution < 1.29 is 4.79 Å². The molecule has 2 aromatic heterocycles. The van der Waals surface area contributed by atoms with Gasteiger partial charge in [-0.25, -0.2) is 15.0 Å². The van der Waals surface area contributed by atoms with Crippen molar-refractivity contribution in [2.45, 2.75) is 33.4 Å². The molecule has 0 aliphatic rings. The van der Waals surface area contributed by atoms with Crippen LogP contribution in [0, 0.1) is 6.92 Å². The SMILES string of the molecule is CCCn1ccnc1CNC(=O)c1cnc(N)nc1C. The van der Waals surface area contributed by atoms with Crippen molar-refractivity contribution in [1.82, 2.24) is 24.8 Å². The highest BCUT2D eigenvalue weighted by atomic mass is 16.1. The van der Waals surface area contributed by atoms with Crippen LogP contribution in [0.4, 0.5) is 5.95 Å². The molecular formula is C13H18N6O. The average Bonchev–Trinajstić information content (AvgIpc) is 2.84. The maximum atomic E-state index is 12.1. The zero-order valence-electron chi connectivity index (χ0n) is 11.6. The van der Waals surface area contributed by atoms with Gasteiger partial charge in [-0.15, -0.1) is 0 Å². The molecule has 0 aliphatic carbocycles. The zero-order chi connectivity index (χ0) is 14.5. The summed E-state index contributed by atoms with van der Waals surface area (Å²) in [5, 5.41) is 2.82. The van der Waals surface area contributed by atoms with Gasteiger partial charge in [-0.05, 0) is 13.3 Å². The van der Waals surface area contributed by atoms with Crippen LogP contribution >= 0.6 is 0 Å². The van der Waals surface area contributed by atoms with Crippen LogP contribution in [-0.2, 0) is 13.1 Å². The smallest absolute Gasteiger partial charge is 0.255 e. The number of carbonyl (C=O) groups is 1. The number of nitrogen functional groups attached to an aromatic ring is 1. The Balaban J connectivity index is 2.03. The number of nitrogens with zero attached hydrogens (tertiary/aromatic N) is 4. The minimum Gasteiger partial charge on any atom is -0.368 e. The molecule has 2 rings (SSSR count). The molecular weight excluding hydrogens is 256 g/mol. The molecule has 0 radical (unpaired) electrons. The van der Waals surface area contributed by atoms with Gasteiger partial charge in [0.05, 0.1) is 17.8 Å². The molecule has 0 aromatic carbocycles. The highest BCUT2D eigenvalue weighted by Crippen LogP contribution is 2.05. The van der Waals surface area contributed by atoms with E-state index in [0.717, 1.165) is 18.8 Å². The van der Waals surface area contributed by atoms with Gasteiger partial charge in [-0.2, -0.15) is 0 Å². The number of anilines is 1. The molecule has 0 aliphatic heterocycles. The molecule has 0 spiro atoms. The molecule has 106 valence electrons. The summed E-state index contributed by atoms with van der Waals surface area (Å²) in [4.78, 5) is 24.1. The Morgan fingerprint density at radius 3 is 2.95 bits per heavy atom. The normalized spacial score (nSPS) is 10.5. The van der Waals surface area contributed by atoms with Crippen molar-refractivity contribution in [2.24, 2.45) is 0 Å². The van der Waals surface area contributed by atoms with Crippen LogP contribution in [0.2, 0.25) is 0 Å². The second-order valence-corrected chi connectivity index (χ2v) is 4.45. The Labute approximate surface area is 117 Å². The van der Waals surface area contributed by atoms with Crippen LogP contribution in [0.3, 0.4) is 0 Å². The van der Waals surface area contributed by atoms with E-state index in [0.29, 0.717) is 17.8 Å². The fourth-order valence-corrected chi connectivity index (χ4v) is 1.91. The molecule has 7 heteroatoms. The molecule has 2 aromatic rings. The van der Waals surface area contributed by atoms with Gasteiger partial charge in [0.25, 0.3) is 5.91 Å². The van der Waals surface area contributed by atoms with Crippen LogP contribution in [0.15, 0.2) is 18.6 Å². The summed E-state index contributed by atoms with van der Waals surface area (Å²) in [6.07, 6.45) is 6.09. The van der Waals surface area contributed by atoms with Gasteiger partial charge in [0.15, 0.2) is 0 Å². The highest BCUT2D eigenvalue weighted by molar-refractivity contribution is 5.94. The Kier molecular flexibility index (Phi) is 4.29. The number of rotatable bonds is 5. The summed E-state index contributed by atoms with van der Waals surface area (Å²) < 4.78 is 2.02. The van der Waals surface area contributed by atoms with E-state index in [-0.39, 0.29) is 11.9 Å². The standard InChI is InChI=1S/C13H18N6O/c1-3-5-19-6-4-15-11(19)8-16-12(20)10-7-17-13(14)18-9(10)2/h4,6-7H,3,5,8H2,1-2H3,(H,16,20)(H2,14,17,18). The maximum Gasteiger partial charge on any atom is 0.255 e. The quantitative estimate of drug-likeness (QED) is 0.844. The van der Waals surface area contributed by atoms with Crippen LogP contribution in [0.25, 0.3) is 0 Å². The van der Waals surface area contributed by atoms with E-state index in [2.05, 4.69) is 27.2 Å². The second-order valence-electron chi connectivity index (χ2n) is 4.45. The molecule has 0 saturated carbocycles. The van der Waals surface area contributed by atoms with Gasteiger partial charge in [0.2, 0.25) is 5.95 Å². The lowest BCUT2D eigenvalue weighted by Gasteiger charge is -2.09. The first kappa shape index (κ1) is 14.0. The number of aryl methyl sites for hydroxylation is 2. The number of carbonyl (C=O) groups excluding carboxylic acids is 1. The lowest BCUT2D eigenvalue weighted by atomic mass is 10.2. The van der Waals surface area contributed by atoms with Crippen molar-refractivity contribution in [3.8, 4) is 0 Å². The van der Waals surface area contributed by atoms with E-state index >= 15 is 0 Å². The van der Waals surface area contributed by atoms with Gasteiger partial charge in [0.1, 0.15) is 5.82 Å². The fourth-order valence-electron chi connectivity index (χ4n) is 1.91. The Morgan fingerprint density at radius 2 is 2.25 bits per heavy atom. The minimum absolute atomic E-state index is 0.164. The van der Waals surface area contributed by atoms with E-state index in [1.165, 1.54) is 6.20 Å². The molecule has 2 heterocycles. The van der Waals surface area contributed by atoms with Gasteiger partial charge >= 0.3 is 0 Å².